The van der Waals surface area contributed by atoms with Crippen LogP contribution in [0.25, 0.3) is 0 Å². The fraction of sp³-hybridized carbons (Fsp3) is 0.250. The molecule has 0 unspecified atom stereocenters. The van der Waals surface area contributed by atoms with E-state index in [1.807, 2.05) is 13.8 Å². The fourth-order valence-electron chi connectivity index (χ4n) is 2.16. The van der Waals surface area contributed by atoms with Crippen LogP contribution in [0.5, 0.6) is 5.75 Å². The number of rotatable bonds is 7. The molecule has 0 bridgehead atoms. The van der Waals surface area contributed by atoms with E-state index in [4.69, 9.17) is 27.9 Å². The van der Waals surface area contributed by atoms with Gasteiger partial charge in [-0.15, -0.1) is 0 Å². The molecule has 0 aliphatic heterocycles. The van der Waals surface area contributed by atoms with Gasteiger partial charge < -0.3 is 10.1 Å². The van der Waals surface area contributed by atoms with Crippen molar-refractivity contribution in [1.29, 1.82) is 0 Å². The second-order valence-corrected chi connectivity index (χ2v) is 7.32. The second kappa shape index (κ2) is 10.8. The molecule has 0 fully saturated rings. The van der Waals surface area contributed by atoms with Gasteiger partial charge in [0.15, 0.2) is 0 Å². The van der Waals surface area contributed by atoms with Gasteiger partial charge in [0.05, 0.1) is 11.2 Å². The van der Waals surface area contributed by atoms with Crippen LogP contribution in [-0.2, 0) is 16.2 Å². The van der Waals surface area contributed by atoms with E-state index in [2.05, 4.69) is 15.8 Å². The van der Waals surface area contributed by atoms with Gasteiger partial charge in [-0.3, -0.25) is 9.59 Å². The number of nitrogens with one attached hydrogen (secondary N) is 2. The Bertz CT molecular complexity index is 900. The zero-order valence-electron chi connectivity index (χ0n) is 15.8. The zero-order chi connectivity index (χ0) is 21.4. The van der Waals surface area contributed by atoms with Crippen LogP contribution >= 0.6 is 23.2 Å². The molecule has 2 rings (SSSR count). The molecule has 2 N–H and O–H groups in total. The van der Waals surface area contributed by atoms with Crippen molar-refractivity contribution in [3.05, 3.63) is 63.4 Å². The summed E-state index contributed by atoms with van der Waals surface area (Å²) in [5, 5.41) is 6.89. The van der Waals surface area contributed by atoms with Crippen LogP contribution in [0.2, 0.25) is 10.0 Å². The monoisotopic (exact) mass is 439 g/mol. The van der Waals surface area contributed by atoms with Crippen LogP contribution in [0, 0.1) is 11.7 Å². The van der Waals surface area contributed by atoms with Gasteiger partial charge in [-0.25, -0.2) is 9.82 Å². The van der Waals surface area contributed by atoms with E-state index in [0.717, 1.165) is 0 Å². The molecule has 0 heterocycles. The molecule has 0 saturated heterocycles. The first kappa shape index (κ1) is 22.6. The molecule has 9 heteroatoms. The number of hydrazone groups is 1. The first-order chi connectivity index (χ1) is 13.8. The Kier molecular flexibility index (Phi) is 8.42. The predicted molar refractivity (Wildman–Crippen MR) is 111 cm³/mol. The van der Waals surface area contributed by atoms with Crippen molar-refractivity contribution in [3.63, 3.8) is 0 Å². The van der Waals surface area contributed by atoms with Gasteiger partial charge in [0, 0.05) is 22.7 Å². The lowest BCUT2D eigenvalue weighted by atomic mass is 10.2. The number of ether oxygens (including phenoxy) is 1. The van der Waals surface area contributed by atoms with Crippen molar-refractivity contribution >= 4 is 41.2 Å². The molecule has 0 saturated carbocycles. The largest absolute Gasteiger partial charge is 0.488 e. The predicted octanol–water partition coefficient (Wildman–Crippen LogP) is 3.93. The van der Waals surface area contributed by atoms with Crippen molar-refractivity contribution < 1.29 is 18.7 Å². The van der Waals surface area contributed by atoms with Gasteiger partial charge in [0.2, 0.25) is 0 Å². The molecule has 0 aliphatic carbocycles. The average molecular weight is 440 g/mol. The standard InChI is InChI=1S/C20H20Cl2FN3O3/c1-12(2)9-24-19(27)20(28)26-25-10-13-8-14(21)6-7-18(13)29-11-15-16(22)4-3-5-17(15)23/h3-8,10,12H,9,11H2,1-2H3,(H,24,27)(H,26,28)/b25-10-. The molecule has 2 aromatic carbocycles. The van der Waals surface area contributed by atoms with Crippen LogP contribution in [0.3, 0.4) is 0 Å². The molecule has 6 nitrogen and oxygen atoms in total. The van der Waals surface area contributed by atoms with Crippen molar-refractivity contribution in [2.45, 2.75) is 20.5 Å². The molecule has 0 aromatic heterocycles. The summed E-state index contributed by atoms with van der Waals surface area (Å²) in [4.78, 5) is 23.4. The fourth-order valence-corrected chi connectivity index (χ4v) is 2.56. The van der Waals surface area contributed by atoms with Crippen LogP contribution in [0.15, 0.2) is 41.5 Å². The van der Waals surface area contributed by atoms with Crippen molar-refractivity contribution in [2.75, 3.05) is 6.54 Å². The SMILES string of the molecule is CC(C)CNC(=O)C(=O)N/N=C\c1cc(Cl)ccc1OCc1c(F)cccc1Cl. The van der Waals surface area contributed by atoms with Crippen molar-refractivity contribution in [1.82, 2.24) is 10.7 Å². The molecule has 2 amide bonds. The number of nitrogens with zero attached hydrogens (tertiary/aromatic N) is 1. The van der Waals surface area contributed by atoms with E-state index in [1.54, 1.807) is 24.3 Å². The Morgan fingerprint density at radius 2 is 1.97 bits per heavy atom. The minimum Gasteiger partial charge on any atom is -0.488 e. The molecular formula is C20H20Cl2FN3O3. The lowest BCUT2D eigenvalue weighted by Gasteiger charge is -2.11. The summed E-state index contributed by atoms with van der Waals surface area (Å²) in [5.74, 6) is -1.61. The van der Waals surface area contributed by atoms with Gasteiger partial charge in [-0.05, 0) is 36.2 Å². The van der Waals surface area contributed by atoms with E-state index >= 15 is 0 Å². The molecule has 0 spiro atoms. The Labute approximate surface area is 178 Å². The first-order valence-corrected chi connectivity index (χ1v) is 9.50. The summed E-state index contributed by atoms with van der Waals surface area (Å²) in [7, 11) is 0. The Morgan fingerprint density at radius 3 is 2.66 bits per heavy atom. The third-order valence-corrected chi connectivity index (χ3v) is 4.24. The maximum absolute atomic E-state index is 13.9. The van der Waals surface area contributed by atoms with Gasteiger partial charge in [-0.2, -0.15) is 5.10 Å². The highest BCUT2D eigenvalue weighted by atomic mass is 35.5. The van der Waals surface area contributed by atoms with E-state index in [0.29, 0.717) is 22.9 Å². The summed E-state index contributed by atoms with van der Waals surface area (Å²) in [6.45, 7) is 4.08. The summed E-state index contributed by atoms with van der Waals surface area (Å²) in [5.41, 5.74) is 2.77. The number of halogens is 3. The third-order valence-electron chi connectivity index (χ3n) is 3.65. The topological polar surface area (TPSA) is 79.8 Å². The summed E-state index contributed by atoms with van der Waals surface area (Å²) in [6.07, 6.45) is 1.28. The highest BCUT2D eigenvalue weighted by molar-refractivity contribution is 6.35. The molecule has 0 atom stereocenters. The van der Waals surface area contributed by atoms with Gasteiger partial charge >= 0.3 is 11.8 Å². The van der Waals surface area contributed by atoms with Gasteiger partial charge in [-0.1, -0.05) is 43.1 Å². The number of amides is 2. The minimum atomic E-state index is -0.899. The number of carbonyl (C=O) groups is 2. The number of carbonyl (C=O) groups excluding carboxylic acids is 2. The van der Waals surface area contributed by atoms with Crippen molar-refractivity contribution in [2.24, 2.45) is 11.0 Å². The quantitative estimate of drug-likeness (QED) is 0.389. The zero-order valence-corrected chi connectivity index (χ0v) is 17.4. The number of hydrogen-bond acceptors (Lipinski definition) is 4. The second-order valence-electron chi connectivity index (χ2n) is 6.47. The number of hydrogen-bond donors (Lipinski definition) is 2. The van der Waals surface area contributed by atoms with E-state index in [-0.39, 0.29) is 23.1 Å². The summed E-state index contributed by atoms with van der Waals surface area (Å²) in [6, 6.07) is 9.07. The first-order valence-electron chi connectivity index (χ1n) is 8.74. The van der Waals surface area contributed by atoms with Gasteiger partial charge in [0.25, 0.3) is 0 Å². The van der Waals surface area contributed by atoms with Gasteiger partial charge in [0.1, 0.15) is 18.2 Å². The maximum atomic E-state index is 13.9. The molecule has 2 aromatic rings. The molecule has 154 valence electrons. The molecule has 0 aliphatic rings. The average Bonchev–Trinajstić information content (AvgIpc) is 2.66. The minimum absolute atomic E-state index is 0.113. The lowest BCUT2D eigenvalue weighted by Crippen LogP contribution is -2.39. The van der Waals surface area contributed by atoms with E-state index < -0.39 is 17.6 Å². The van der Waals surface area contributed by atoms with Crippen LogP contribution < -0.4 is 15.5 Å². The molecule has 0 radical (unpaired) electrons. The Morgan fingerprint density at radius 1 is 1.21 bits per heavy atom. The third kappa shape index (κ3) is 7.03. The number of benzene rings is 2. The maximum Gasteiger partial charge on any atom is 0.329 e. The van der Waals surface area contributed by atoms with Crippen LogP contribution in [-0.4, -0.2) is 24.6 Å². The lowest BCUT2D eigenvalue weighted by molar-refractivity contribution is -0.139. The Hall–Kier alpha value is -2.64. The summed E-state index contributed by atoms with van der Waals surface area (Å²) >= 11 is 12.0. The molecular weight excluding hydrogens is 420 g/mol. The van der Waals surface area contributed by atoms with Crippen LogP contribution in [0.4, 0.5) is 4.39 Å². The smallest absolute Gasteiger partial charge is 0.329 e. The highest BCUT2D eigenvalue weighted by Gasteiger charge is 2.13. The van der Waals surface area contributed by atoms with E-state index in [9.17, 15) is 14.0 Å². The normalized spacial score (nSPS) is 11.0. The Balaban J connectivity index is 2.05. The summed E-state index contributed by atoms with van der Waals surface area (Å²) < 4.78 is 19.5. The highest BCUT2D eigenvalue weighted by Crippen LogP contribution is 2.25. The van der Waals surface area contributed by atoms with Crippen molar-refractivity contribution in [3.8, 4) is 5.75 Å². The van der Waals surface area contributed by atoms with Crippen LogP contribution in [0.1, 0.15) is 25.0 Å². The molecule has 29 heavy (non-hydrogen) atoms. The van der Waals surface area contributed by atoms with E-state index in [1.165, 1.54) is 18.3 Å².